The van der Waals surface area contributed by atoms with Gasteiger partial charge in [-0.15, -0.1) is 0 Å². The van der Waals surface area contributed by atoms with E-state index in [0.29, 0.717) is 6.42 Å². The standard InChI is InChI=1S/C17H23NO3/c19-17(20)5-4-14-2-1-3-16-15(14)6-9-18(16)12-13-7-10-21-11-8-13/h1-3,13H,4-12H2,(H,19,20). The fourth-order valence-corrected chi connectivity index (χ4v) is 3.48. The quantitative estimate of drug-likeness (QED) is 0.905. The molecule has 0 amide bonds. The first-order valence-corrected chi connectivity index (χ1v) is 7.89. The average molecular weight is 289 g/mol. The summed E-state index contributed by atoms with van der Waals surface area (Å²) >= 11 is 0. The molecule has 21 heavy (non-hydrogen) atoms. The van der Waals surface area contributed by atoms with Crippen molar-refractivity contribution in [2.45, 2.75) is 32.1 Å². The van der Waals surface area contributed by atoms with Crippen molar-refractivity contribution in [3.63, 3.8) is 0 Å². The van der Waals surface area contributed by atoms with Crippen LogP contribution in [0.1, 0.15) is 30.4 Å². The molecule has 2 aliphatic rings. The number of carboxylic acids is 1. The average Bonchev–Trinajstić information content (AvgIpc) is 2.90. The van der Waals surface area contributed by atoms with E-state index in [1.54, 1.807) is 0 Å². The number of hydrogen-bond donors (Lipinski definition) is 1. The molecular formula is C17H23NO3. The van der Waals surface area contributed by atoms with Crippen LogP contribution < -0.4 is 4.90 Å². The number of carbonyl (C=O) groups is 1. The molecule has 0 radical (unpaired) electrons. The van der Waals surface area contributed by atoms with Gasteiger partial charge >= 0.3 is 5.97 Å². The van der Waals surface area contributed by atoms with Gasteiger partial charge in [-0.05, 0) is 48.8 Å². The minimum Gasteiger partial charge on any atom is -0.481 e. The minimum atomic E-state index is -0.718. The summed E-state index contributed by atoms with van der Waals surface area (Å²) in [6.45, 7) is 3.96. The summed E-state index contributed by atoms with van der Waals surface area (Å²) in [5, 5.41) is 8.87. The molecule has 0 aliphatic carbocycles. The van der Waals surface area contributed by atoms with E-state index in [-0.39, 0.29) is 6.42 Å². The zero-order chi connectivity index (χ0) is 14.7. The Labute approximate surface area is 125 Å². The Morgan fingerprint density at radius 2 is 2.14 bits per heavy atom. The maximum atomic E-state index is 10.8. The molecule has 1 aromatic carbocycles. The number of fused-ring (bicyclic) bond motifs is 1. The molecule has 0 aromatic heterocycles. The number of aliphatic carboxylic acids is 1. The van der Waals surface area contributed by atoms with Crippen molar-refractivity contribution in [1.29, 1.82) is 0 Å². The number of ether oxygens (including phenoxy) is 1. The van der Waals surface area contributed by atoms with Gasteiger partial charge in [0.2, 0.25) is 0 Å². The van der Waals surface area contributed by atoms with Gasteiger partial charge in [-0.1, -0.05) is 12.1 Å². The summed E-state index contributed by atoms with van der Waals surface area (Å²) in [5.41, 5.74) is 3.90. The van der Waals surface area contributed by atoms with Crippen LogP contribution in [-0.4, -0.2) is 37.4 Å². The normalized spacial score (nSPS) is 18.8. The summed E-state index contributed by atoms with van der Waals surface area (Å²) in [7, 11) is 0. The monoisotopic (exact) mass is 289 g/mol. The van der Waals surface area contributed by atoms with Gasteiger partial charge < -0.3 is 14.7 Å². The number of anilines is 1. The maximum Gasteiger partial charge on any atom is 0.303 e. The Bertz CT molecular complexity index is 509. The van der Waals surface area contributed by atoms with Crippen LogP contribution in [0.5, 0.6) is 0 Å². The van der Waals surface area contributed by atoms with Crippen molar-refractivity contribution in [2.75, 3.05) is 31.2 Å². The molecule has 0 atom stereocenters. The van der Waals surface area contributed by atoms with Gasteiger partial charge in [-0.3, -0.25) is 4.79 Å². The summed E-state index contributed by atoms with van der Waals surface area (Å²) in [5.74, 6) is 0.0111. The Morgan fingerprint density at radius 3 is 2.90 bits per heavy atom. The van der Waals surface area contributed by atoms with Crippen molar-refractivity contribution in [3.05, 3.63) is 29.3 Å². The van der Waals surface area contributed by atoms with E-state index in [2.05, 4.69) is 23.1 Å². The molecule has 1 fully saturated rings. The number of hydrogen-bond acceptors (Lipinski definition) is 3. The van der Waals surface area contributed by atoms with Crippen LogP contribution >= 0.6 is 0 Å². The molecule has 1 saturated heterocycles. The van der Waals surface area contributed by atoms with Crippen molar-refractivity contribution < 1.29 is 14.6 Å². The van der Waals surface area contributed by atoms with Gasteiger partial charge in [0.25, 0.3) is 0 Å². The molecule has 0 saturated carbocycles. The fourth-order valence-electron chi connectivity index (χ4n) is 3.48. The lowest BCUT2D eigenvalue weighted by atomic mass is 9.99. The molecule has 4 nitrogen and oxygen atoms in total. The number of aryl methyl sites for hydroxylation is 1. The molecule has 0 unspecified atom stereocenters. The number of benzene rings is 1. The number of nitrogens with zero attached hydrogens (tertiary/aromatic N) is 1. The van der Waals surface area contributed by atoms with E-state index in [9.17, 15) is 4.79 Å². The first-order valence-electron chi connectivity index (χ1n) is 7.89. The van der Waals surface area contributed by atoms with Crippen LogP contribution in [0.3, 0.4) is 0 Å². The van der Waals surface area contributed by atoms with E-state index >= 15 is 0 Å². The van der Waals surface area contributed by atoms with Crippen LogP contribution in [0.4, 0.5) is 5.69 Å². The van der Waals surface area contributed by atoms with E-state index in [1.165, 1.54) is 16.8 Å². The van der Waals surface area contributed by atoms with Crippen molar-refractivity contribution in [2.24, 2.45) is 5.92 Å². The van der Waals surface area contributed by atoms with Crippen molar-refractivity contribution in [1.82, 2.24) is 0 Å². The second-order valence-electron chi connectivity index (χ2n) is 6.06. The zero-order valence-electron chi connectivity index (χ0n) is 12.4. The van der Waals surface area contributed by atoms with Crippen molar-refractivity contribution in [3.8, 4) is 0 Å². The summed E-state index contributed by atoms with van der Waals surface area (Å²) in [6, 6.07) is 6.34. The Balaban J connectivity index is 1.69. The first kappa shape index (κ1) is 14.4. The van der Waals surface area contributed by atoms with E-state index < -0.39 is 5.97 Å². The lowest BCUT2D eigenvalue weighted by molar-refractivity contribution is -0.136. The topological polar surface area (TPSA) is 49.8 Å². The van der Waals surface area contributed by atoms with E-state index in [0.717, 1.165) is 51.5 Å². The molecular weight excluding hydrogens is 266 g/mol. The van der Waals surface area contributed by atoms with Gasteiger partial charge in [0.05, 0.1) is 0 Å². The van der Waals surface area contributed by atoms with Gasteiger partial charge in [-0.25, -0.2) is 0 Å². The number of carboxylic acid groups (broad SMARTS) is 1. The molecule has 3 rings (SSSR count). The minimum absolute atomic E-state index is 0.219. The summed E-state index contributed by atoms with van der Waals surface area (Å²) in [6.07, 6.45) is 4.23. The highest BCUT2D eigenvalue weighted by molar-refractivity contribution is 5.68. The second kappa shape index (κ2) is 6.48. The lowest BCUT2D eigenvalue weighted by Gasteiger charge is -2.28. The van der Waals surface area contributed by atoms with Gasteiger partial charge in [0.1, 0.15) is 0 Å². The van der Waals surface area contributed by atoms with Crippen LogP contribution in [0.25, 0.3) is 0 Å². The van der Waals surface area contributed by atoms with Gasteiger partial charge in [0.15, 0.2) is 0 Å². The largest absolute Gasteiger partial charge is 0.481 e. The van der Waals surface area contributed by atoms with Gasteiger partial charge in [-0.2, -0.15) is 0 Å². The van der Waals surface area contributed by atoms with Crippen LogP contribution in [-0.2, 0) is 22.4 Å². The molecule has 4 heteroatoms. The van der Waals surface area contributed by atoms with E-state index in [4.69, 9.17) is 9.84 Å². The van der Waals surface area contributed by atoms with E-state index in [1.807, 2.05) is 0 Å². The molecule has 2 heterocycles. The molecule has 0 spiro atoms. The molecule has 0 bridgehead atoms. The predicted molar refractivity (Wildman–Crippen MR) is 81.9 cm³/mol. The third kappa shape index (κ3) is 3.38. The lowest BCUT2D eigenvalue weighted by Crippen LogP contribution is -2.31. The van der Waals surface area contributed by atoms with Crippen LogP contribution in [0.2, 0.25) is 0 Å². The Morgan fingerprint density at radius 1 is 1.33 bits per heavy atom. The summed E-state index contributed by atoms with van der Waals surface area (Å²) in [4.78, 5) is 13.3. The summed E-state index contributed by atoms with van der Waals surface area (Å²) < 4.78 is 5.43. The third-order valence-electron chi connectivity index (χ3n) is 4.65. The smallest absolute Gasteiger partial charge is 0.303 e. The molecule has 2 aliphatic heterocycles. The molecule has 1 aromatic rings. The highest BCUT2D eigenvalue weighted by Crippen LogP contribution is 2.33. The maximum absolute atomic E-state index is 10.8. The second-order valence-corrected chi connectivity index (χ2v) is 6.06. The highest BCUT2D eigenvalue weighted by Gasteiger charge is 2.25. The predicted octanol–water partition coefficient (Wildman–Crippen LogP) is 2.49. The first-order chi connectivity index (χ1) is 10.2. The Hall–Kier alpha value is -1.55. The third-order valence-corrected chi connectivity index (χ3v) is 4.65. The highest BCUT2D eigenvalue weighted by atomic mass is 16.5. The fraction of sp³-hybridized carbons (Fsp3) is 0.588. The number of rotatable bonds is 5. The molecule has 114 valence electrons. The van der Waals surface area contributed by atoms with Crippen LogP contribution in [0.15, 0.2) is 18.2 Å². The van der Waals surface area contributed by atoms with Crippen molar-refractivity contribution >= 4 is 11.7 Å². The van der Waals surface area contributed by atoms with Crippen LogP contribution in [0, 0.1) is 5.92 Å². The van der Waals surface area contributed by atoms with Gasteiger partial charge in [0, 0.05) is 38.4 Å². The Kier molecular flexibility index (Phi) is 4.44. The zero-order valence-corrected chi connectivity index (χ0v) is 12.4. The molecule has 1 N–H and O–H groups in total. The SMILES string of the molecule is O=C(O)CCc1cccc2c1CCN2CC1CCOCC1.